The highest BCUT2D eigenvalue weighted by molar-refractivity contribution is 6.30. The van der Waals surface area contributed by atoms with Gasteiger partial charge in [0.2, 0.25) is 5.91 Å². The van der Waals surface area contributed by atoms with E-state index in [4.69, 9.17) is 21.1 Å². The summed E-state index contributed by atoms with van der Waals surface area (Å²) in [6, 6.07) is 12.2. The molecule has 0 atom stereocenters. The Hall–Kier alpha value is -3.92. The lowest BCUT2D eigenvalue weighted by Gasteiger charge is -2.09. The van der Waals surface area contributed by atoms with Crippen LogP contribution in [0, 0.1) is 0 Å². The summed E-state index contributed by atoms with van der Waals surface area (Å²) in [5, 5.41) is 3.06. The summed E-state index contributed by atoms with van der Waals surface area (Å²) in [5.41, 5.74) is 5.38. The van der Waals surface area contributed by atoms with Gasteiger partial charge in [0.05, 0.1) is 18.6 Å². The van der Waals surface area contributed by atoms with Crippen LogP contribution in [0.4, 0.5) is 5.69 Å². The predicted octanol–water partition coefficient (Wildman–Crippen LogP) is 3.02. The molecule has 0 aliphatic carbocycles. The molecule has 0 bridgehead atoms. The SMILES string of the molecule is CCCCOC(=O)c1ccc(NC(=O)CCC(=O)OCC(=O)NNC(=O)c2ccc(Cl)cc2)cc1. The molecule has 0 saturated carbocycles. The van der Waals surface area contributed by atoms with Crippen LogP contribution in [-0.4, -0.2) is 42.9 Å². The number of hydrogen-bond acceptors (Lipinski definition) is 7. The lowest BCUT2D eigenvalue weighted by molar-refractivity contribution is -0.149. The van der Waals surface area contributed by atoms with Crippen molar-refractivity contribution in [3.05, 3.63) is 64.7 Å². The molecule has 3 N–H and O–H groups in total. The minimum atomic E-state index is -0.760. The van der Waals surface area contributed by atoms with E-state index in [1.807, 2.05) is 6.92 Å². The maximum absolute atomic E-state index is 12.0. The van der Waals surface area contributed by atoms with E-state index in [0.29, 0.717) is 22.9 Å². The summed E-state index contributed by atoms with van der Waals surface area (Å²) < 4.78 is 9.90. The Morgan fingerprint density at radius 1 is 0.800 bits per heavy atom. The van der Waals surface area contributed by atoms with Crippen LogP contribution in [-0.2, 0) is 23.9 Å². The van der Waals surface area contributed by atoms with Gasteiger partial charge in [-0.25, -0.2) is 4.79 Å². The smallest absolute Gasteiger partial charge is 0.338 e. The molecule has 11 heteroatoms. The number of unbranched alkanes of at least 4 members (excludes halogenated alkanes) is 1. The standard InChI is InChI=1S/C24H26ClN3O7/c1-2-3-14-34-24(33)17-6-10-19(11-7-17)26-20(29)12-13-22(31)35-15-21(30)27-28-23(32)16-4-8-18(25)9-5-16/h4-11H,2-3,12-15H2,1H3,(H,26,29)(H,27,30)(H,28,32). The number of benzene rings is 2. The number of carbonyl (C=O) groups excluding carboxylic acids is 5. The fourth-order valence-corrected chi connectivity index (χ4v) is 2.70. The van der Waals surface area contributed by atoms with E-state index >= 15 is 0 Å². The first-order chi connectivity index (χ1) is 16.8. The van der Waals surface area contributed by atoms with Gasteiger partial charge in [-0.3, -0.25) is 30.0 Å². The van der Waals surface area contributed by atoms with Crippen molar-refractivity contribution in [2.24, 2.45) is 0 Å². The molecule has 0 fully saturated rings. The molecule has 0 heterocycles. The van der Waals surface area contributed by atoms with Crippen molar-refractivity contribution in [1.29, 1.82) is 0 Å². The minimum Gasteiger partial charge on any atom is -0.462 e. The van der Waals surface area contributed by atoms with Crippen LogP contribution >= 0.6 is 11.6 Å². The zero-order chi connectivity index (χ0) is 25.6. The van der Waals surface area contributed by atoms with Gasteiger partial charge in [-0.2, -0.15) is 0 Å². The first-order valence-electron chi connectivity index (χ1n) is 10.9. The number of ether oxygens (including phenoxy) is 2. The predicted molar refractivity (Wildman–Crippen MR) is 128 cm³/mol. The summed E-state index contributed by atoms with van der Waals surface area (Å²) in [7, 11) is 0. The minimum absolute atomic E-state index is 0.172. The van der Waals surface area contributed by atoms with Crippen LogP contribution in [0.15, 0.2) is 48.5 Å². The van der Waals surface area contributed by atoms with Crippen molar-refractivity contribution in [2.45, 2.75) is 32.6 Å². The number of hydrazine groups is 1. The van der Waals surface area contributed by atoms with Crippen LogP contribution in [0.2, 0.25) is 5.02 Å². The average Bonchev–Trinajstić information content (AvgIpc) is 2.85. The molecule has 0 spiro atoms. The van der Waals surface area contributed by atoms with Gasteiger partial charge in [0, 0.05) is 22.7 Å². The van der Waals surface area contributed by atoms with Crippen molar-refractivity contribution in [1.82, 2.24) is 10.9 Å². The van der Waals surface area contributed by atoms with Crippen molar-refractivity contribution in [3.8, 4) is 0 Å². The quantitative estimate of drug-likeness (QED) is 0.243. The van der Waals surface area contributed by atoms with Gasteiger partial charge in [-0.05, 0) is 55.0 Å². The number of halogens is 1. The first kappa shape index (κ1) is 27.3. The zero-order valence-electron chi connectivity index (χ0n) is 19.1. The zero-order valence-corrected chi connectivity index (χ0v) is 19.9. The molecule has 0 aromatic heterocycles. The summed E-state index contributed by atoms with van der Waals surface area (Å²) >= 11 is 5.74. The van der Waals surface area contributed by atoms with E-state index in [9.17, 15) is 24.0 Å². The third-order valence-corrected chi connectivity index (χ3v) is 4.73. The Bertz CT molecular complexity index is 1040. The van der Waals surface area contributed by atoms with Crippen molar-refractivity contribution >= 4 is 46.9 Å². The Kier molecular flexibility index (Phi) is 11.2. The molecule has 2 aromatic rings. The highest BCUT2D eigenvalue weighted by Crippen LogP contribution is 2.12. The third kappa shape index (κ3) is 10.3. The lowest BCUT2D eigenvalue weighted by Crippen LogP contribution is -2.43. The molecule has 2 aromatic carbocycles. The van der Waals surface area contributed by atoms with Gasteiger partial charge in [0.15, 0.2) is 6.61 Å². The summed E-state index contributed by atoms with van der Waals surface area (Å²) in [5.74, 6) is -2.96. The number of nitrogens with one attached hydrogen (secondary N) is 3. The maximum atomic E-state index is 12.0. The van der Waals surface area contributed by atoms with Crippen LogP contribution in [0.1, 0.15) is 53.3 Å². The van der Waals surface area contributed by atoms with E-state index in [2.05, 4.69) is 16.2 Å². The molecule has 3 amide bonds. The van der Waals surface area contributed by atoms with Gasteiger partial charge in [-0.15, -0.1) is 0 Å². The second-order valence-corrected chi connectivity index (χ2v) is 7.72. The molecule has 2 rings (SSSR count). The largest absolute Gasteiger partial charge is 0.462 e. The Morgan fingerprint density at radius 3 is 2.11 bits per heavy atom. The topological polar surface area (TPSA) is 140 Å². The van der Waals surface area contributed by atoms with Gasteiger partial charge in [-0.1, -0.05) is 24.9 Å². The number of hydrogen-bond donors (Lipinski definition) is 3. The third-order valence-electron chi connectivity index (χ3n) is 4.48. The monoisotopic (exact) mass is 503 g/mol. The van der Waals surface area contributed by atoms with Gasteiger partial charge < -0.3 is 14.8 Å². The Labute approximate surface area is 207 Å². The van der Waals surface area contributed by atoms with Gasteiger partial charge in [0.25, 0.3) is 11.8 Å². The molecule has 0 radical (unpaired) electrons. The van der Waals surface area contributed by atoms with E-state index in [0.717, 1.165) is 12.8 Å². The fourth-order valence-electron chi connectivity index (χ4n) is 2.58. The first-order valence-corrected chi connectivity index (χ1v) is 11.2. The molecule has 10 nitrogen and oxygen atoms in total. The summed E-state index contributed by atoms with van der Waals surface area (Å²) in [6.45, 7) is 1.72. The second kappa shape index (κ2) is 14.4. The Balaban J connectivity index is 1.64. The number of anilines is 1. The summed E-state index contributed by atoms with van der Waals surface area (Å²) in [6.07, 6.45) is 1.28. The van der Waals surface area contributed by atoms with Gasteiger partial charge >= 0.3 is 11.9 Å². The van der Waals surface area contributed by atoms with Crippen molar-refractivity contribution < 1.29 is 33.4 Å². The van der Waals surface area contributed by atoms with Gasteiger partial charge in [0.1, 0.15) is 0 Å². The molecule has 35 heavy (non-hydrogen) atoms. The number of amides is 3. The second-order valence-electron chi connectivity index (χ2n) is 7.28. The highest BCUT2D eigenvalue weighted by Gasteiger charge is 2.13. The molecular formula is C24H26ClN3O7. The number of esters is 2. The molecule has 186 valence electrons. The summed E-state index contributed by atoms with van der Waals surface area (Å²) in [4.78, 5) is 59.3. The van der Waals surface area contributed by atoms with Crippen molar-refractivity contribution in [2.75, 3.05) is 18.5 Å². The number of carbonyl (C=O) groups is 5. The van der Waals surface area contributed by atoms with Crippen LogP contribution in [0.25, 0.3) is 0 Å². The normalized spacial score (nSPS) is 10.1. The fraction of sp³-hybridized carbons (Fsp3) is 0.292. The van der Waals surface area contributed by atoms with E-state index < -0.39 is 36.3 Å². The van der Waals surface area contributed by atoms with Crippen LogP contribution in [0.5, 0.6) is 0 Å². The van der Waals surface area contributed by atoms with Crippen LogP contribution in [0.3, 0.4) is 0 Å². The average molecular weight is 504 g/mol. The number of rotatable bonds is 11. The van der Waals surface area contributed by atoms with Crippen molar-refractivity contribution in [3.63, 3.8) is 0 Å². The highest BCUT2D eigenvalue weighted by atomic mass is 35.5. The Morgan fingerprint density at radius 2 is 1.46 bits per heavy atom. The molecule has 0 unspecified atom stereocenters. The van der Waals surface area contributed by atoms with E-state index in [-0.39, 0.29) is 18.4 Å². The van der Waals surface area contributed by atoms with Crippen LogP contribution < -0.4 is 16.2 Å². The maximum Gasteiger partial charge on any atom is 0.338 e. The molecule has 0 aliphatic rings. The molecule has 0 saturated heterocycles. The molecular weight excluding hydrogens is 478 g/mol. The van der Waals surface area contributed by atoms with E-state index in [1.54, 1.807) is 12.1 Å². The molecule has 0 aliphatic heterocycles. The lowest BCUT2D eigenvalue weighted by atomic mass is 10.2. The van der Waals surface area contributed by atoms with E-state index in [1.165, 1.54) is 36.4 Å².